The summed E-state index contributed by atoms with van der Waals surface area (Å²) in [6.45, 7) is 5.76. The first-order chi connectivity index (χ1) is 40.7. The van der Waals surface area contributed by atoms with E-state index in [1.807, 2.05) is 6.08 Å². The van der Waals surface area contributed by atoms with E-state index in [0.29, 0.717) is 12.8 Å². The Kier molecular flexibility index (Phi) is 56.4. The fourth-order valence-electron chi connectivity index (χ4n) is 10.8. The van der Waals surface area contributed by atoms with Crippen LogP contribution in [0.4, 0.5) is 0 Å². The van der Waals surface area contributed by atoms with Crippen LogP contribution in [0.1, 0.15) is 323 Å². The Morgan fingerprint density at radius 2 is 0.831 bits per heavy atom. The van der Waals surface area contributed by atoms with Crippen LogP contribution < -0.4 is 5.32 Å². The number of nitrogens with one attached hydrogen (secondary N) is 1. The molecule has 1 saturated heterocycles. The average Bonchev–Trinajstić information content (AvgIpc) is 3.52. The monoisotopic (exact) mass is 1170 g/mol. The molecule has 0 aliphatic carbocycles. The Balaban J connectivity index is 2.53. The second-order valence-electron chi connectivity index (χ2n) is 24.3. The van der Waals surface area contributed by atoms with Gasteiger partial charge in [0, 0.05) is 6.42 Å². The van der Waals surface area contributed by atoms with Gasteiger partial charge in [-0.25, -0.2) is 0 Å². The number of aliphatic hydroxyl groups excluding tert-OH is 5. The fourth-order valence-corrected chi connectivity index (χ4v) is 10.8. The van der Waals surface area contributed by atoms with Gasteiger partial charge >= 0.3 is 5.97 Å². The van der Waals surface area contributed by atoms with Crippen molar-refractivity contribution < 1.29 is 49.3 Å². The van der Waals surface area contributed by atoms with E-state index in [1.54, 1.807) is 6.08 Å². The zero-order chi connectivity index (χ0) is 60.3. The summed E-state index contributed by atoms with van der Waals surface area (Å²) in [7, 11) is 0. The zero-order valence-corrected chi connectivity index (χ0v) is 53.8. The first-order valence-electron chi connectivity index (χ1n) is 35.1. The average molecular weight is 1170 g/mol. The van der Waals surface area contributed by atoms with Crippen molar-refractivity contribution in [1.29, 1.82) is 0 Å². The molecular weight excluding hydrogens is 1040 g/mol. The van der Waals surface area contributed by atoms with Crippen molar-refractivity contribution in [2.75, 3.05) is 13.2 Å². The molecule has 0 aromatic heterocycles. The Labute approximate surface area is 509 Å². The molecule has 0 aromatic carbocycles. The predicted octanol–water partition coefficient (Wildman–Crippen LogP) is 17.7. The number of hydrogen-bond acceptors (Lipinski definition) is 10. The van der Waals surface area contributed by atoms with Crippen molar-refractivity contribution in [2.45, 2.75) is 372 Å². The lowest BCUT2D eigenvalue weighted by atomic mass is 9.99. The molecule has 484 valence electrons. The van der Waals surface area contributed by atoms with Gasteiger partial charge in [0.05, 0.1) is 25.4 Å². The molecule has 0 bridgehead atoms. The SMILES string of the molecule is CCCCC/C=C\C/C=C\C/C=C\CCCCCC(O)C(=O)NC(COC1OC(CO)C(O)C(O)C1OC(=O)CCCCCCCCCCCCCCCCCCC/C=C/CCCCCCCC)C(O)/C=C/CCCCCCCCCCC. The van der Waals surface area contributed by atoms with E-state index in [1.165, 1.54) is 199 Å². The molecule has 0 saturated carbocycles. The van der Waals surface area contributed by atoms with Crippen LogP contribution in [0, 0.1) is 0 Å². The highest BCUT2D eigenvalue weighted by Gasteiger charge is 2.47. The number of amides is 1. The second kappa shape index (κ2) is 59.7. The zero-order valence-electron chi connectivity index (χ0n) is 53.8. The van der Waals surface area contributed by atoms with Crippen molar-refractivity contribution in [3.63, 3.8) is 0 Å². The number of ether oxygens (including phenoxy) is 3. The van der Waals surface area contributed by atoms with Crippen LogP contribution in [0.2, 0.25) is 0 Å². The van der Waals surface area contributed by atoms with Gasteiger partial charge in [-0.3, -0.25) is 9.59 Å². The van der Waals surface area contributed by atoms with Crippen molar-refractivity contribution in [1.82, 2.24) is 5.32 Å². The first kappa shape index (κ1) is 78.4. The maximum absolute atomic E-state index is 13.4. The van der Waals surface area contributed by atoms with Gasteiger partial charge in [-0.05, 0) is 89.9 Å². The van der Waals surface area contributed by atoms with Crippen LogP contribution in [-0.4, -0.2) is 99.6 Å². The Bertz CT molecular complexity index is 1580. The summed E-state index contributed by atoms with van der Waals surface area (Å²) in [5.41, 5.74) is 0. The van der Waals surface area contributed by atoms with Gasteiger partial charge in [-0.1, -0.05) is 287 Å². The molecule has 6 N–H and O–H groups in total. The molecule has 0 radical (unpaired) electrons. The van der Waals surface area contributed by atoms with Crippen LogP contribution in [0.15, 0.2) is 60.8 Å². The van der Waals surface area contributed by atoms with Crippen LogP contribution in [0.3, 0.4) is 0 Å². The topological polar surface area (TPSA) is 175 Å². The highest BCUT2D eigenvalue weighted by Crippen LogP contribution is 2.26. The molecule has 1 heterocycles. The third kappa shape index (κ3) is 47.2. The Hall–Kier alpha value is -2.64. The molecule has 1 aliphatic rings. The quantitative estimate of drug-likeness (QED) is 0.0195. The second-order valence-corrected chi connectivity index (χ2v) is 24.3. The summed E-state index contributed by atoms with van der Waals surface area (Å²) in [6, 6.07) is -1.04. The number of unbranched alkanes of at least 4 members (excludes halogenated alkanes) is 38. The van der Waals surface area contributed by atoms with Crippen LogP contribution in [0.5, 0.6) is 0 Å². The molecule has 11 heteroatoms. The lowest BCUT2D eigenvalue weighted by Crippen LogP contribution is -2.61. The number of carbonyl (C=O) groups is 2. The van der Waals surface area contributed by atoms with Crippen LogP contribution in [0.25, 0.3) is 0 Å². The highest BCUT2D eigenvalue weighted by molar-refractivity contribution is 5.80. The summed E-state index contributed by atoms with van der Waals surface area (Å²) in [5, 5.41) is 57.1. The normalized spacial score (nSPS) is 18.9. The number of carbonyl (C=O) groups excluding carboxylic acids is 2. The maximum atomic E-state index is 13.4. The number of allylic oxidation sites excluding steroid dienone is 9. The van der Waals surface area contributed by atoms with Gasteiger partial charge in [0.25, 0.3) is 0 Å². The molecule has 1 amide bonds. The summed E-state index contributed by atoms with van der Waals surface area (Å²) >= 11 is 0. The van der Waals surface area contributed by atoms with Crippen LogP contribution >= 0.6 is 0 Å². The third-order valence-corrected chi connectivity index (χ3v) is 16.4. The first-order valence-corrected chi connectivity index (χ1v) is 35.1. The maximum Gasteiger partial charge on any atom is 0.306 e. The van der Waals surface area contributed by atoms with Gasteiger partial charge < -0.3 is 45.1 Å². The Morgan fingerprint density at radius 3 is 1.28 bits per heavy atom. The van der Waals surface area contributed by atoms with Crippen molar-refractivity contribution in [2.24, 2.45) is 0 Å². The van der Waals surface area contributed by atoms with E-state index in [2.05, 4.69) is 74.7 Å². The molecule has 8 atom stereocenters. The minimum absolute atomic E-state index is 0.122. The largest absolute Gasteiger partial charge is 0.454 e. The van der Waals surface area contributed by atoms with E-state index < -0.39 is 67.4 Å². The third-order valence-electron chi connectivity index (χ3n) is 16.4. The lowest BCUT2D eigenvalue weighted by molar-refractivity contribution is -0.305. The van der Waals surface area contributed by atoms with E-state index in [0.717, 1.165) is 77.0 Å². The molecular formula is C72H131NO10. The van der Waals surface area contributed by atoms with Crippen LogP contribution in [-0.2, 0) is 23.8 Å². The van der Waals surface area contributed by atoms with E-state index in [4.69, 9.17) is 14.2 Å². The smallest absolute Gasteiger partial charge is 0.306 e. The van der Waals surface area contributed by atoms with Gasteiger partial charge in [0.1, 0.15) is 24.4 Å². The van der Waals surface area contributed by atoms with Crippen molar-refractivity contribution in [3.05, 3.63) is 60.8 Å². The molecule has 0 spiro atoms. The molecule has 8 unspecified atom stereocenters. The number of aliphatic hydroxyl groups is 5. The van der Waals surface area contributed by atoms with Crippen molar-refractivity contribution >= 4 is 11.9 Å². The predicted molar refractivity (Wildman–Crippen MR) is 347 cm³/mol. The number of esters is 1. The van der Waals surface area contributed by atoms with E-state index in [-0.39, 0.29) is 19.4 Å². The minimum Gasteiger partial charge on any atom is -0.454 e. The number of rotatable bonds is 60. The molecule has 1 rings (SSSR count). The summed E-state index contributed by atoms with van der Waals surface area (Å²) < 4.78 is 17.7. The highest BCUT2D eigenvalue weighted by atomic mass is 16.7. The van der Waals surface area contributed by atoms with Gasteiger partial charge in [-0.2, -0.15) is 0 Å². The standard InChI is InChI=1S/C72H131NO10/c1-4-7-10-13-16-19-22-24-26-28-29-30-31-32-33-34-35-36-37-38-40-42-45-48-51-54-57-60-67(77)83-70-69(79)68(78)66(61-74)82-72(70)81-62-63(64(75)58-55-52-49-46-43-21-18-15-12-9-6-3)73-71(80)65(76)59-56-53-50-47-44-41-39-27-25-23-20-17-14-11-8-5-2/h17,20,24-27,41,44,55,58,63-66,68-70,72,74-76,78-79H,4-16,18-19,21-23,28-40,42-43,45-54,56-57,59-62H2,1-3H3,(H,73,80)/b20-17-,26-24+,27-25-,44-41-,58-55+. The molecule has 11 nitrogen and oxygen atoms in total. The van der Waals surface area contributed by atoms with Gasteiger partial charge in [0.2, 0.25) is 5.91 Å². The minimum atomic E-state index is -1.62. The Morgan fingerprint density at radius 1 is 0.470 bits per heavy atom. The summed E-state index contributed by atoms with van der Waals surface area (Å²) in [4.78, 5) is 26.6. The number of hydrogen-bond donors (Lipinski definition) is 6. The van der Waals surface area contributed by atoms with Crippen molar-refractivity contribution in [3.8, 4) is 0 Å². The molecule has 1 fully saturated rings. The molecule has 1 aliphatic heterocycles. The molecule has 83 heavy (non-hydrogen) atoms. The fraction of sp³-hybridized carbons (Fsp3) is 0.833. The van der Waals surface area contributed by atoms with Gasteiger partial charge in [0.15, 0.2) is 12.4 Å². The van der Waals surface area contributed by atoms with Gasteiger partial charge in [-0.15, -0.1) is 0 Å². The summed E-state index contributed by atoms with van der Waals surface area (Å²) in [5.74, 6) is -1.21. The summed E-state index contributed by atoms with van der Waals surface area (Å²) in [6.07, 6.45) is 65.6. The molecule has 0 aromatic rings. The van der Waals surface area contributed by atoms with E-state index >= 15 is 0 Å². The lowest BCUT2D eigenvalue weighted by Gasteiger charge is -2.41. The van der Waals surface area contributed by atoms with E-state index in [9.17, 15) is 35.1 Å².